The molecule has 0 saturated carbocycles. The van der Waals surface area contributed by atoms with Gasteiger partial charge in [-0.25, -0.2) is 14.3 Å². The Kier molecular flexibility index (Phi) is 4.61. The van der Waals surface area contributed by atoms with Gasteiger partial charge < -0.3 is 4.74 Å². The van der Waals surface area contributed by atoms with Crippen molar-refractivity contribution in [1.29, 1.82) is 0 Å². The molecule has 0 saturated heterocycles. The van der Waals surface area contributed by atoms with Crippen molar-refractivity contribution < 1.29 is 17.9 Å². The first kappa shape index (κ1) is 15.5. The third-order valence-electron chi connectivity index (χ3n) is 2.73. The lowest BCUT2D eigenvalue weighted by Crippen LogP contribution is -2.30. The molecule has 0 spiro atoms. The maximum absolute atomic E-state index is 11.5. The smallest absolute Gasteiger partial charge is 0.275 e. The first-order chi connectivity index (χ1) is 9.91. The van der Waals surface area contributed by atoms with Gasteiger partial charge >= 0.3 is 0 Å². The van der Waals surface area contributed by atoms with E-state index in [1.807, 2.05) is 0 Å². The summed E-state index contributed by atoms with van der Waals surface area (Å²) in [5, 5.41) is 1.77. The van der Waals surface area contributed by atoms with Crippen molar-refractivity contribution in [2.75, 3.05) is 6.26 Å². The van der Waals surface area contributed by atoms with Crippen LogP contribution in [-0.4, -0.2) is 20.6 Å². The van der Waals surface area contributed by atoms with Gasteiger partial charge in [0.05, 0.1) is 9.77 Å². The quantitative estimate of drug-likeness (QED) is 0.491. The van der Waals surface area contributed by atoms with E-state index < -0.39 is 9.84 Å². The number of carbonyl (C=O) groups excluding carboxylic acids is 1. The SMILES string of the molecule is CS(=O)(=O)c1ccc(OCc2ccsc2C(=O)NN)cc1. The molecule has 3 N–H and O–H groups in total. The molecule has 1 heterocycles. The van der Waals surface area contributed by atoms with Crippen LogP contribution in [0.3, 0.4) is 0 Å². The number of nitrogen functional groups attached to an aromatic ring is 1. The normalized spacial score (nSPS) is 11.1. The topological polar surface area (TPSA) is 98.5 Å². The van der Waals surface area contributed by atoms with Crippen LogP contribution in [0, 0.1) is 0 Å². The molecule has 0 radical (unpaired) electrons. The van der Waals surface area contributed by atoms with Crippen LogP contribution in [-0.2, 0) is 16.4 Å². The number of hydrogen-bond donors (Lipinski definition) is 2. The average Bonchev–Trinajstić information content (AvgIpc) is 2.92. The second-order valence-electron chi connectivity index (χ2n) is 4.28. The molecule has 1 aromatic carbocycles. The minimum absolute atomic E-state index is 0.199. The first-order valence-electron chi connectivity index (χ1n) is 5.92. The predicted octanol–water partition coefficient (Wildman–Crippen LogP) is 1.33. The van der Waals surface area contributed by atoms with Crippen LogP contribution in [0.2, 0.25) is 0 Å². The second-order valence-corrected chi connectivity index (χ2v) is 7.21. The minimum Gasteiger partial charge on any atom is -0.489 e. The van der Waals surface area contributed by atoms with Crippen LogP contribution in [0.5, 0.6) is 5.75 Å². The van der Waals surface area contributed by atoms with Crippen molar-refractivity contribution in [3.05, 3.63) is 46.2 Å². The summed E-state index contributed by atoms with van der Waals surface area (Å²) < 4.78 is 28.2. The number of carbonyl (C=O) groups is 1. The highest BCUT2D eigenvalue weighted by molar-refractivity contribution is 7.90. The molecule has 2 aromatic rings. The van der Waals surface area contributed by atoms with Crippen molar-refractivity contribution in [2.24, 2.45) is 5.84 Å². The number of ether oxygens (including phenoxy) is 1. The Hall–Kier alpha value is -1.90. The summed E-state index contributed by atoms with van der Waals surface area (Å²) in [6.07, 6.45) is 1.14. The number of hydrazine groups is 1. The molecule has 6 nitrogen and oxygen atoms in total. The predicted molar refractivity (Wildman–Crippen MR) is 79.9 cm³/mol. The van der Waals surface area contributed by atoms with E-state index >= 15 is 0 Å². The molecule has 0 fully saturated rings. The summed E-state index contributed by atoms with van der Waals surface area (Å²) in [6, 6.07) is 7.88. The highest BCUT2D eigenvalue weighted by Crippen LogP contribution is 2.21. The fourth-order valence-corrected chi connectivity index (χ4v) is 3.10. The standard InChI is InChI=1S/C13H14N2O4S2/c1-21(17,18)11-4-2-10(3-5-11)19-8-9-6-7-20-12(9)13(16)15-14/h2-7H,8,14H2,1H3,(H,15,16). The number of rotatable bonds is 5. The maximum Gasteiger partial charge on any atom is 0.275 e. The summed E-state index contributed by atoms with van der Waals surface area (Å²) in [7, 11) is -3.22. The van der Waals surface area contributed by atoms with Crippen LogP contribution in [0.25, 0.3) is 0 Å². The molecule has 8 heteroatoms. The third kappa shape index (κ3) is 3.81. The Morgan fingerprint density at radius 3 is 2.52 bits per heavy atom. The van der Waals surface area contributed by atoms with Gasteiger partial charge in [-0.2, -0.15) is 0 Å². The van der Waals surface area contributed by atoms with E-state index in [0.717, 1.165) is 11.8 Å². The van der Waals surface area contributed by atoms with Gasteiger partial charge in [-0.05, 0) is 35.7 Å². The summed E-state index contributed by atoms with van der Waals surface area (Å²) in [4.78, 5) is 12.2. The molecule has 0 atom stereocenters. The molecular weight excluding hydrogens is 312 g/mol. The van der Waals surface area contributed by atoms with Crippen molar-refractivity contribution in [3.8, 4) is 5.75 Å². The molecule has 0 aliphatic rings. The summed E-state index contributed by atoms with van der Waals surface area (Å²) in [6.45, 7) is 0.199. The maximum atomic E-state index is 11.5. The average molecular weight is 326 g/mol. The molecule has 0 bridgehead atoms. The number of nitrogens with two attached hydrogens (primary N) is 1. The minimum atomic E-state index is -3.22. The zero-order valence-electron chi connectivity index (χ0n) is 11.2. The summed E-state index contributed by atoms with van der Waals surface area (Å²) in [5.74, 6) is 5.26. The first-order valence-corrected chi connectivity index (χ1v) is 8.69. The lowest BCUT2D eigenvalue weighted by Gasteiger charge is -2.07. The Labute approximate surface area is 126 Å². The monoisotopic (exact) mass is 326 g/mol. The van der Waals surface area contributed by atoms with Crippen LogP contribution < -0.4 is 16.0 Å². The molecule has 21 heavy (non-hydrogen) atoms. The van der Waals surface area contributed by atoms with E-state index in [9.17, 15) is 13.2 Å². The van der Waals surface area contributed by atoms with Crippen molar-refractivity contribution in [2.45, 2.75) is 11.5 Å². The van der Waals surface area contributed by atoms with E-state index in [0.29, 0.717) is 10.6 Å². The zero-order chi connectivity index (χ0) is 15.5. The van der Waals surface area contributed by atoms with Crippen LogP contribution in [0.4, 0.5) is 0 Å². The molecule has 1 aromatic heterocycles. The van der Waals surface area contributed by atoms with Crippen LogP contribution in [0.15, 0.2) is 40.6 Å². The molecule has 112 valence electrons. The zero-order valence-corrected chi connectivity index (χ0v) is 12.8. The fraction of sp³-hybridized carbons (Fsp3) is 0.154. The number of benzene rings is 1. The molecule has 0 aliphatic heterocycles. The molecule has 1 amide bonds. The Bertz CT molecular complexity index is 736. The van der Waals surface area contributed by atoms with Crippen molar-refractivity contribution in [3.63, 3.8) is 0 Å². The van der Waals surface area contributed by atoms with Gasteiger partial charge in [-0.3, -0.25) is 10.2 Å². The summed E-state index contributed by atoms with van der Waals surface area (Å²) >= 11 is 1.27. The van der Waals surface area contributed by atoms with Gasteiger partial charge in [0.2, 0.25) is 0 Å². The van der Waals surface area contributed by atoms with Crippen molar-refractivity contribution in [1.82, 2.24) is 5.43 Å². The third-order valence-corrected chi connectivity index (χ3v) is 4.81. The van der Waals surface area contributed by atoms with Crippen LogP contribution >= 0.6 is 11.3 Å². The number of nitrogens with one attached hydrogen (secondary N) is 1. The molecular formula is C13H14N2O4S2. The Balaban J connectivity index is 2.07. The van der Waals surface area contributed by atoms with Gasteiger partial charge in [-0.15, -0.1) is 11.3 Å². The van der Waals surface area contributed by atoms with Gasteiger partial charge in [-0.1, -0.05) is 0 Å². The molecule has 0 aliphatic carbocycles. The van der Waals surface area contributed by atoms with E-state index in [2.05, 4.69) is 5.43 Å². The lowest BCUT2D eigenvalue weighted by molar-refractivity contribution is 0.0955. The Morgan fingerprint density at radius 2 is 1.95 bits per heavy atom. The largest absolute Gasteiger partial charge is 0.489 e. The highest BCUT2D eigenvalue weighted by atomic mass is 32.2. The van der Waals surface area contributed by atoms with Gasteiger partial charge in [0, 0.05) is 11.8 Å². The number of amides is 1. The molecule has 0 unspecified atom stereocenters. The summed E-state index contributed by atoms with van der Waals surface area (Å²) in [5.41, 5.74) is 2.80. The second kappa shape index (κ2) is 6.25. The van der Waals surface area contributed by atoms with Crippen LogP contribution in [0.1, 0.15) is 15.2 Å². The lowest BCUT2D eigenvalue weighted by atomic mass is 10.2. The fourth-order valence-electron chi connectivity index (χ4n) is 1.66. The van der Waals surface area contributed by atoms with E-state index in [-0.39, 0.29) is 17.4 Å². The number of thiophene rings is 1. The van der Waals surface area contributed by atoms with E-state index in [1.54, 1.807) is 23.6 Å². The Morgan fingerprint density at radius 1 is 1.29 bits per heavy atom. The van der Waals surface area contributed by atoms with E-state index in [1.165, 1.54) is 23.5 Å². The highest BCUT2D eigenvalue weighted by Gasteiger charge is 2.12. The van der Waals surface area contributed by atoms with Gasteiger partial charge in [0.25, 0.3) is 5.91 Å². The molecule has 2 rings (SSSR count). The number of hydrogen-bond acceptors (Lipinski definition) is 6. The van der Waals surface area contributed by atoms with Crippen molar-refractivity contribution >= 4 is 27.1 Å². The van der Waals surface area contributed by atoms with Gasteiger partial charge in [0.1, 0.15) is 12.4 Å². The van der Waals surface area contributed by atoms with E-state index in [4.69, 9.17) is 10.6 Å². The number of sulfone groups is 1. The van der Waals surface area contributed by atoms with Gasteiger partial charge in [0.15, 0.2) is 9.84 Å².